The molecule has 1 aromatic carbocycles. The Kier molecular flexibility index (Phi) is 3.85. The number of fused-ring (bicyclic) bond motifs is 1. The highest BCUT2D eigenvalue weighted by atomic mass is 16.4. The van der Waals surface area contributed by atoms with Crippen LogP contribution in [0.3, 0.4) is 0 Å². The van der Waals surface area contributed by atoms with Crippen LogP contribution < -0.4 is 5.73 Å². The summed E-state index contributed by atoms with van der Waals surface area (Å²) in [7, 11) is 0. The second-order valence-corrected chi connectivity index (χ2v) is 5.26. The summed E-state index contributed by atoms with van der Waals surface area (Å²) in [5.41, 5.74) is 8.48. The monoisotopic (exact) mass is 261 g/mol. The van der Waals surface area contributed by atoms with Gasteiger partial charge in [-0.3, -0.25) is 4.79 Å². The number of carboxylic acids is 1. The van der Waals surface area contributed by atoms with Gasteiger partial charge in [0.05, 0.1) is 17.5 Å². The Hall–Kier alpha value is -1.88. The molecule has 4 N–H and O–H groups in total. The maximum Gasteiger partial charge on any atom is 0.305 e. The molecule has 102 valence electrons. The van der Waals surface area contributed by atoms with Crippen molar-refractivity contribution in [2.75, 3.05) is 0 Å². The second kappa shape index (κ2) is 5.40. The van der Waals surface area contributed by atoms with E-state index in [1.54, 1.807) is 0 Å². The summed E-state index contributed by atoms with van der Waals surface area (Å²) in [6.45, 7) is 4.28. The smallest absolute Gasteiger partial charge is 0.305 e. The molecule has 0 aliphatic rings. The highest BCUT2D eigenvalue weighted by Gasteiger charge is 2.12. The number of rotatable bonds is 5. The number of nitrogens with zero attached hydrogens (tertiary/aromatic N) is 1. The Morgan fingerprint density at radius 2 is 2.21 bits per heavy atom. The number of H-pyrrole nitrogens is 1. The molecule has 0 aliphatic heterocycles. The minimum atomic E-state index is -0.891. The predicted molar refractivity (Wildman–Crippen MR) is 73.8 cm³/mol. The Morgan fingerprint density at radius 1 is 1.47 bits per heavy atom. The van der Waals surface area contributed by atoms with E-state index in [9.17, 15) is 4.79 Å². The number of carbonyl (C=O) groups is 1. The lowest BCUT2D eigenvalue weighted by atomic mass is 10.0. The van der Waals surface area contributed by atoms with E-state index in [-0.39, 0.29) is 6.42 Å². The first-order valence-electron chi connectivity index (χ1n) is 6.41. The van der Waals surface area contributed by atoms with Gasteiger partial charge in [-0.15, -0.1) is 0 Å². The number of imidazole rings is 1. The lowest BCUT2D eigenvalue weighted by Gasteiger charge is -2.08. The number of aliphatic carboxylic acids is 1. The molecule has 0 spiro atoms. The molecule has 0 fully saturated rings. The first-order chi connectivity index (χ1) is 8.95. The fourth-order valence-electron chi connectivity index (χ4n) is 2.10. The lowest BCUT2D eigenvalue weighted by Crippen LogP contribution is -2.14. The van der Waals surface area contributed by atoms with Crippen LogP contribution in [-0.4, -0.2) is 21.0 Å². The van der Waals surface area contributed by atoms with Crippen molar-refractivity contribution in [3.8, 4) is 0 Å². The van der Waals surface area contributed by atoms with Crippen LogP contribution in [0, 0.1) is 5.92 Å². The average molecular weight is 261 g/mol. The van der Waals surface area contributed by atoms with Gasteiger partial charge in [0.15, 0.2) is 0 Å². The molecular weight excluding hydrogens is 242 g/mol. The first kappa shape index (κ1) is 13.5. The van der Waals surface area contributed by atoms with E-state index in [0.29, 0.717) is 5.92 Å². The fourth-order valence-corrected chi connectivity index (χ4v) is 2.10. The van der Waals surface area contributed by atoms with Crippen LogP contribution in [-0.2, 0) is 11.2 Å². The van der Waals surface area contributed by atoms with Crippen LogP contribution in [0.25, 0.3) is 11.0 Å². The molecule has 0 bridgehead atoms. The number of hydrogen-bond acceptors (Lipinski definition) is 3. The van der Waals surface area contributed by atoms with E-state index in [4.69, 9.17) is 10.8 Å². The van der Waals surface area contributed by atoms with E-state index in [1.165, 1.54) is 0 Å². The third-order valence-electron chi connectivity index (χ3n) is 2.98. The third-order valence-corrected chi connectivity index (χ3v) is 2.98. The third kappa shape index (κ3) is 3.32. The fraction of sp³-hybridized carbons (Fsp3) is 0.429. The van der Waals surface area contributed by atoms with Gasteiger partial charge in [0.1, 0.15) is 5.82 Å². The molecule has 2 rings (SSSR count). The van der Waals surface area contributed by atoms with E-state index in [0.717, 1.165) is 28.8 Å². The summed E-state index contributed by atoms with van der Waals surface area (Å²) in [6.07, 6.45) is 0.823. The van der Waals surface area contributed by atoms with Crippen LogP contribution >= 0.6 is 0 Å². The van der Waals surface area contributed by atoms with Gasteiger partial charge < -0.3 is 15.8 Å². The topological polar surface area (TPSA) is 92.0 Å². The van der Waals surface area contributed by atoms with Gasteiger partial charge in [0.25, 0.3) is 0 Å². The molecule has 5 nitrogen and oxygen atoms in total. The summed E-state index contributed by atoms with van der Waals surface area (Å²) in [6, 6.07) is 5.13. The standard InChI is InChI=1S/C14H19N3O2/c1-8(2)5-13-16-11-4-3-9(6-12(11)17-13)10(15)7-14(18)19/h3-4,6,8,10H,5,7,15H2,1-2H3,(H,16,17)(H,18,19). The van der Waals surface area contributed by atoms with Gasteiger partial charge in [-0.2, -0.15) is 0 Å². The van der Waals surface area contributed by atoms with Gasteiger partial charge >= 0.3 is 5.97 Å². The molecule has 1 atom stereocenters. The Labute approximate surface area is 111 Å². The van der Waals surface area contributed by atoms with Gasteiger partial charge in [-0.1, -0.05) is 19.9 Å². The molecule has 2 aromatic rings. The number of benzene rings is 1. The summed E-state index contributed by atoms with van der Waals surface area (Å²) < 4.78 is 0. The Balaban J connectivity index is 2.27. The molecule has 1 aromatic heterocycles. The highest BCUT2D eigenvalue weighted by Crippen LogP contribution is 2.20. The molecule has 0 saturated heterocycles. The normalized spacial score (nSPS) is 13.1. The van der Waals surface area contributed by atoms with Crippen LogP contribution in [0.4, 0.5) is 0 Å². The van der Waals surface area contributed by atoms with Crippen LogP contribution in [0.1, 0.15) is 37.7 Å². The minimum Gasteiger partial charge on any atom is -0.481 e. The van der Waals surface area contributed by atoms with Gasteiger partial charge in [0, 0.05) is 12.5 Å². The molecule has 0 radical (unpaired) electrons. The summed E-state index contributed by atoms with van der Waals surface area (Å²) in [5.74, 6) is 0.598. The van der Waals surface area contributed by atoms with Gasteiger partial charge in [-0.05, 0) is 23.6 Å². The molecule has 19 heavy (non-hydrogen) atoms. The van der Waals surface area contributed by atoms with Crippen molar-refractivity contribution in [3.05, 3.63) is 29.6 Å². The summed E-state index contributed by atoms with van der Waals surface area (Å²) >= 11 is 0. The number of aromatic nitrogens is 2. The molecule has 0 saturated carbocycles. The molecule has 0 aliphatic carbocycles. The van der Waals surface area contributed by atoms with E-state index in [1.807, 2.05) is 18.2 Å². The zero-order valence-electron chi connectivity index (χ0n) is 11.2. The predicted octanol–water partition coefficient (Wildman–Crippen LogP) is 2.24. The molecular formula is C14H19N3O2. The molecule has 1 heterocycles. The van der Waals surface area contributed by atoms with Gasteiger partial charge in [-0.25, -0.2) is 4.98 Å². The van der Waals surface area contributed by atoms with Crippen LogP contribution in [0.15, 0.2) is 18.2 Å². The number of nitrogens with two attached hydrogens (primary N) is 1. The average Bonchev–Trinajstić information content (AvgIpc) is 2.67. The number of aromatic amines is 1. The quantitative estimate of drug-likeness (QED) is 0.769. The largest absolute Gasteiger partial charge is 0.481 e. The lowest BCUT2D eigenvalue weighted by molar-refractivity contribution is -0.137. The van der Waals surface area contributed by atoms with E-state index in [2.05, 4.69) is 23.8 Å². The van der Waals surface area contributed by atoms with Crippen LogP contribution in [0.2, 0.25) is 0 Å². The van der Waals surface area contributed by atoms with Crippen molar-refractivity contribution in [3.63, 3.8) is 0 Å². The number of hydrogen-bond donors (Lipinski definition) is 3. The number of carboxylic acid groups (broad SMARTS) is 1. The molecule has 0 amide bonds. The Bertz CT molecular complexity index is 589. The van der Waals surface area contributed by atoms with E-state index < -0.39 is 12.0 Å². The Morgan fingerprint density at radius 3 is 2.84 bits per heavy atom. The van der Waals surface area contributed by atoms with Crippen molar-refractivity contribution < 1.29 is 9.90 Å². The highest BCUT2D eigenvalue weighted by molar-refractivity contribution is 5.76. The zero-order chi connectivity index (χ0) is 14.0. The zero-order valence-corrected chi connectivity index (χ0v) is 11.2. The summed E-state index contributed by atoms with van der Waals surface area (Å²) in [5, 5.41) is 8.76. The maximum atomic E-state index is 10.7. The minimum absolute atomic E-state index is 0.0709. The molecule has 1 unspecified atom stereocenters. The first-order valence-corrected chi connectivity index (χ1v) is 6.41. The van der Waals surface area contributed by atoms with Gasteiger partial charge in [0.2, 0.25) is 0 Å². The summed E-state index contributed by atoms with van der Waals surface area (Å²) in [4.78, 5) is 18.4. The van der Waals surface area contributed by atoms with E-state index >= 15 is 0 Å². The SMILES string of the molecule is CC(C)Cc1nc2ccc(C(N)CC(=O)O)cc2[nH]1. The number of nitrogens with one attached hydrogen (secondary N) is 1. The van der Waals surface area contributed by atoms with Crippen molar-refractivity contribution in [1.82, 2.24) is 9.97 Å². The second-order valence-electron chi connectivity index (χ2n) is 5.26. The van der Waals surface area contributed by atoms with Crippen molar-refractivity contribution in [1.29, 1.82) is 0 Å². The van der Waals surface area contributed by atoms with Crippen molar-refractivity contribution >= 4 is 17.0 Å². The van der Waals surface area contributed by atoms with Crippen molar-refractivity contribution in [2.24, 2.45) is 11.7 Å². The molecule has 5 heteroatoms. The van der Waals surface area contributed by atoms with Crippen molar-refractivity contribution in [2.45, 2.75) is 32.7 Å². The van der Waals surface area contributed by atoms with Crippen LogP contribution in [0.5, 0.6) is 0 Å². The maximum absolute atomic E-state index is 10.7.